The first kappa shape index (κ1) is 14.6. The summed E-state index contributed by atoms with van der Waals surface area (Å²) in [5.41, 5.74) is 1.05. The quantitative estimate of drug-likeness (QED) is 0.723. The monoisotopic (exact) mass is 306 g/mol. The van der Waals surface area contributed by atoms with Gasteiger partial charge in [0.1, 0.15) is 5.78 Å². The fraction of sp³-hybridized carbons (Fsp3) is 0.947. The van der Waals surface area contributed by atoms with Crippen molar-refractivity contribution in [3.8, 4) is 0 Å². The summed E-state index contributed by atoms with van der Waals surface area (Å²) in [6.07, 6.45) is 11.3. The van der Waals surface area contributed by atoms with E-state index in [1.165, 1.54) is 62.9 Å². The number of hydrogen-bond acceptors (Lipinski definition) is 2. The van der Waals surface area contributed by atoms with E-state index in [1.54, 1.807) is 0 Å². The minimum absolute atomic E-state index is 0.0908. The average Bonchev–Trinajstić information content (AvgIpc) is 2.35. The second-order valence-corrected chi connectivity index (χ2v) is 10.8. The van der Waals surface area contributed by atoms with Crippen LogP contribution in [0.4, 0.5) is 0 Å². The fourth-order valence-corrected chi connectivity index (χ4v) is 8.39. The number of rotatable bonds is 3. The summed E-state index contributed by atoms with van der Waals surface area (Å²) in [5.74, 6) is 4.78. The number of hydrogen-bond donors (Lipinski definition) is 0. The summed E-state index contributed by atoms with van der Waals surface area (Å²) in [7, 11) is 0. The first-order valence-corrected chi connectivity index (χ1v) is 10.2. The van der Waals surface area contributed by atoms with Gasteiger partial charge in [0.25, 0.3) is 0 Å². The molecule has 2 unspecified atom stereocenters. The van der Waals surface area contributed by atoms with Gasteiger partial charge in [0.05, 0.1) is 0 Å². The van der Waals surface area contributed by atoms with Crippen LogP contribution in [0.5, 0.6) is 0 Å². The van der Waals surface area contributed by atoms with Crippen molar-refractivity contribution in [1.29, 1.82) is 0 Å². The molecule has 2 atom stereocenters. The minimum atomic E-state index is 0.0908. The van der Waals surface area contributed by atoms with Crippen LogP contribution < -0.4 is 0 Å². The van der Waals surface area contributed by atoms with E-state index < -0.39 is 0 Å². The van der Waals surface area contributed by atoms with Gasteiger partial charge in [-0.3, -0.25) is 4.79 Å². The molecular weight excluding hydrogens is 276 g/mol. The summed E-state index contributed by atoms with van der Waals surface area (Å²) < 4.78 is 0. The molecule has 0 N–H and O–H groups in total. The average molecular weight is 307 g/mol. The van der Waals surface area contributed by atoms with E-state index >= 15 is 0 Å². The number of carbonyl (C=O) groups is 1. The third-order valence-electron chi connectivity index (χ3n) is 7.03. The van der Waals surface area contributed by atoms with Crippen LogP contribution in [-0.4, -0.2) is 17.3 Å². The van der Waals surface area contributed by atoms with Gasteiger partial charge in [-0.15, -0.1) is 0 Å². The van der Waals surface area contributed by atoms with E-state index in [4.69, 9.17) is 0 Å². The summed E-state index contributed by atoms with van der Waals surface area (Å²) >= 11 is 2.07. The van der Waals surface area contributed by atoms with Crippen molar-refractivity contribution in [2.75, 3.05) is 11.5 Å². The number of carbonyl (C=O) groups excluding carboxylic acids is 1. The maximum Gasteiger partial charge on any atom is 0.139 e. The zero-order valence-electron chi connectivity index (χ0n) is 13.7. The van der Waals surface area contributed by atoms with Gasteiger partial charge in [-0.2, -0.15) is 11.8 Å². The van der Waals surface area contributed by atoms with Crippen molar-refractivity contribution < 1.29 is 4.79 Å². The first-order chi connectivity index (χ1) is 9.91. The van der Waals surface area contributed by atoms with Crippen LogP contribution in [0, 0.1) is 28.1 Å². The number of Topliss-reactive ketones (excluding diaryl/α,β-unsaturated/α-hetero) is 1. The van der Waals surface area contributed by atoms with Gasteiger partial charge in [0.2, 0.25) is 0 Å². The Hall–Kier alpha value is 0.0200. The molecule has 0 spiro atoms. The minimum Gasteiger partial charge on any atom is -0.299 e. The van der Waals surface area contributed by atoms with Gasteiger partial charge in [-0.25, -0.2) is 0 Å². The molecule has 5 rings (SSSR count). The van der Waals surface area contributed by atoms with Crippen molar-refractivity contribution in [2.45, 2.75) is 71.6 Å². The Kier molecular flexibility index (Phi) is 3.31. The van der Waals surface area contributed by atoms with Crippen LogP contribution in [0.3, 0.4) is 0 Å². The van der Waals surface area contributed by atoms with Crippen LogP contribution in [0.2, 0.25) is 0 Å². The smallest absolute Gasteiger partial charge is 0.139 e. The second-order valence-electron chi connectivity index (χ2n) is 9.59. The van der Waals surface area contributed by atoms with E-state index in [0.717, 1.165) is 12.3 Å². The van der Waals surface area contributed by atoms with Crippen LogP contribution in [0.1, 0.15) is 71.6 Å². The molecule has 118 valence electrons. The Morgan fingerprint density at radius 3 is 2.19 bits per heavy atom. The molecule has 0 aromatic carbocycles. The van der Waals surface area contributed by atoms with Crippen molar-refractivity contribution >= 4 is 17.5 Å². The Morgan fingerprint density at radius 2 is 1.62 bits per heavy atom. The third-order valence-corrected chi connectivity index (χ3v) is 8.08. The van der Waals surface area contributed by atoms with Crippen LogP contribution >= 0.6 is 11.8 Å². The molecule has 2 heteroatoms. The molecule has 0 aromatic rings. The van der Waals surface area contributed by atoms with E-state index in [0.29, 0.717) is 22.5 Å². The highest BCUT2D eigenvalue weighted by Crippen LogP contribution is 2.70. The van der Waals surface area contributed by atoms with Gasteiger partial charge in [0, 0.05) is 11.8 Å². The highest BCUT2D eigenvalue weighted by atomic mass is 32.2. The first-order valence-electron chi connectivity index (χ1n) is 9.02. The van der Waals surface area contributed by atoms with Gasteiger partial charge in [-0.05, 0) is 85.5 Å². The van der Waals surface area contributed by atoms with E-state index in [2.05, 4.69) is 25.6 Å². The van der Waals surface area contributed by atoms with E-state index in [1.807, 2.05) is 0 Å². The molecule has 0 aromatic heterocycles. The lowest BCUT2D eigenvalue weighted by molar-refractivity contribution is -0.169. The standard InChI is InChI=1S/C19H30OS/c1-17-8-15-9-18(2,11-17)13-19(10-15,12-17)16(20)7-14-3-5-21-6-4-14/h14-15H,3-13H2,1-2H3. The predicted molar refractivity (Wildman–Crippen MR) is 89.5 cm³/mol. The van der Waals surface area contributed by atoms with Crippen molar-refractivity contribution in [1.82, 2.24) is 0 Å². The molecule has 5 aliphatic rings. The normalized spacial score (nSPS) is 49.5. The topological polar surface area (TPSA) is 17.1 Å². The number of ketones is 1. The molecule has 4 bridgehead atoms. The highest BCUT2D eigenvalue weighted by molar-refractivity contribution is 7.99. The summed E-state index contributed by atoms with van der Waals surface area (Å²) in [5, 5.41) is 0. The lowest BCUT2D eigenvalue weighted by atomic mass is 9.39. The summed E-state index contributed by atoms with van der Waals surface area (Å²) in [6, 6.07) is 0. The van der Waals surface area contributed by atoms with Gasteiger partial charge >= 0.3 is 0 Å². The van der Waals surface area contributed by atoms with E-state index in [9.17, 15) is 4.79 Å². The zero-order valence-corrected chi connectivity index (χ0v) is 14.6. The molecule has 1 heterocycles. The lowest BCUT2D eigenvalue weighted by Crippen LogP contribution is -2.57. The molecule has 0 amide bonds. The zero-order chi connectivity index (χ0) is 14.7. The van der Waals surface area contributed by atoms with Crippen molar-refractivity contribution in [3.05, 3.63) is 0 Å². The molecule has 5 fully saturated rings. The van der Waals surface area contributed by atoms with Crippen molar-refractivity contribution in [2.24, 2.45) is 28.1 Å². The van der Waals surface area contributed by atoms with Crippen LogP contribution in [0.15, 0.2) is 0 Å². The highest BCUT2D eigenvalue weighted by Gasteiger charge is 2.62. The van der Waals surface area contributed by atoms with Crippen LogP contribution in [-0.2, 0) is 4.79 Å². The fourth-order valence-electron chi connectivity index (χ4n) is 7.19. The molecule has 21 heavy (non-hydrogen) atoms. The summed E-state index contributed by atoms with van der Waals surface area (Å²) in [6.45, 7) is 4.96. The van der Waals surface area contributed by atoms with Crippen LogP contribution in [0.25, 0.3) is 0 Å². The van der Waals surface area contributed by atoms with Crippen molar-refractivity contribution in [3.63, 3.8) is 0 Å². The van der Waals surface area contributed by atoms with E-state index in [-0.39, 0.29) is 5.41 Å². The lowest BCUT2D eigenvalue weighted by Gasteiger charge is -2.65. The Bertz CT molecular complexity index is 432. The maximum atomic E-state index is 13.2. The van der Waals surface area contributed by atoms with Gasteiger partial charge < -0.3 is 0 Å². The van der Waals surface area contributed by atoms with Gasteiger partial charge in [-0.1, -0.05) is 13.8 Å². The van der Waals surface area contributed by atoms with Gasteiger partial charge in [0.15, 0.2) is 0 Å². The molecule has 4 aliphatic carbocycles. The SMILES string of the molecule is CC12CC3CC(C)(C1)CC(C(=O)CC1CCSCC1)(C3)C2. The Balaban J connectivity index is 1.54. The molecule has 1 aliphatic heterocycles. The molecular formula is C19H30OS. The number of thioether (sulfide) groups is 1. The maximum absolute atomic E-state index is 13.2. The molecule has 1 saturated heterocycles. The molecule has 1 nitrogen and oxygen atoms in total. The Labute approximate surface area is 134 Å². The second kappa shape index (κ2) is 4.76. The molecule has 0 radical (unpaired) electrons. The summed E-state index contributed by atoms with van der Waals surface area (Å²) in [4.78, 5) is 13.2. The largest absolute Gasteiger partial charge is 0.299 e. The predicted octanol–water partition coefficient (Wildman–Crippen LogP) is 5.09. The molecule has 4 saturated carbocycles. The third kappa shape index (κ3) is 2.50. The Morgan fingerprint density at radius 1 is 1.00 bits per heavy atom.